The van der Waals surface area contributed by atoms with Crippen LogP contribution in [0.15, 0.2) is 195 Å². The molecule has 0 spiro atoms. The van der Waals surface area contributed by atoms with Gasteiger partial charge in [-0.2, -0.15) is 9.84 Å². The normalized spacial score (nSPS) is 23.9. The number of hydrogen-bond donors (Lipinski definition) is 4. The monoisotopic (exact) mass is 1050 g/mol. The minimum Gasteiger partial charge on any atom is -0.479 e. The lowest BCUT2D eigenvalue weighted by Crippen LogP contribution is -2.59. The molecule has 0 aromatic heterocycles. The maximum absolute atomic E-state index is 15.3. The molecule has 1 aliphatic carbocycles. The van der Waals surface area contributed by atoms with Gasteiger partial charge in [-0.25, -0.2) is 18.0 Å². The number of carboxylic acid groups (broad SMARTS) is 1. The van der Waals surface area contributed by atoms with E-state index in [-0.39, 0.29) is 49.4 Å². The van der Waals surface area contributed by atoms with Crippen molar-refractivity contribution in [1.82, 2.24) is 19.8 Å². The van der Waals surface area contributed by atoms with Crippen LogP contribution in [0.3, 0.4) is 0 Å². The van der Waals surface area contributed by atoms with Crippen LogP contribution in [-0.4, -0.2) is 96.6 Å². The lowest BCUT2D eigenvalue weighted by atomic mass is 9.89. The first kappa shape index (κ1) is 55.3. The van der Waals surface area contributed by atoms with Crippen molar-refractivity contribution in [1.29, 1.82) is 5.53 Å². The number of fused-ring (bicyclic) bond motifs is 2. The number of sulfonamides is 1. The summed E-state index contributed by atoms with van der Waals surface area (Å²) in [6, 6.07) is 19.4. The minimum absolute atomic E-state index is 0.0697. The Hall–Kier alpha value is -9.05. The summed E-state index contributed by atoms with van der Waals surface area (Å²) in [6.45, 7) is 3.64. The van der Waals surface area contributed by atoms with Crippen LogP contribution in [0.25, 0.3) is 11.1 Å². The third kappa shape index (κ3) is 14.8. The van der Waals surface area contributed by atoms with Crippen molar-refractivity contribution in [3.05, 3.63) is 96.6 Å². The average molecular weight is 1050 g/mol. The number of ether oxygens (including phenoxy) is 2. The summed E-state index contributed by atoms with van der Waals surface area (Å²) in [5.74, 6) is -3.54. The van der Waals surface area contributed by atoms with Gasteiger partial charge in [-0.05, 0) is 152 Å². The highest BCUT2D eigenvalue weighted by molar-refractivity contribution is 7.89. The standard InChI is InChI=1S/C41H48N24O9S/c1-39(2,3)74-38(70)43-32-25-64(75(71,72)34-17-11-10-16-31(34)45-47-49-51-53-55-57-59-61-63-62-60-58-56-54-52-50-48-46-42)22-12-6-9-15-30-23-41(30,37(68)69)44-35(66)33-24-40(73-4,26-65(33)36(32)67)29-20-18-28(19-21-29)27-13-7-5-8-14-27/h5,7-11,13-21,30,32-33,42H,6,12,22-26H2,1-4H3,(H,43,70)(H,44,66)(H,68,69)/b15-9-,46-42?,47-45-,50-48+,51-49+,54-52+,55-53+,58-56+,59-57+,62-60+,63-61+/t30-,32+,33+,40+,41-/m1/s1. The molecule has 4 N–H and O–H groups in total. The number of rotatable bonds is 17. The number of carbonyl (C=O) groups excluding carboxylic acids is 3. The number of methoxy groups -OCH3 is 1. The molecule has 1 saturated heterocycles. The van der Waals surface area contributed by atoms with Gasteiger partial charge in [0.25, 0.3) is 0 Å². The van der Waals surface area contributed by atoms with E-state index in [4.69, 9.17) is 15.0 Å². The van der Waals surface area contributed by atoms with Crippen LogP contribution in [0.1, 0.15) is 52.0 Å². The number of hydrogen-bond acceptors (Lipinski definition) is 10. The predicted octanol–water partition coefficient (Wildman–Crippen LogP) is 8.66. The summed E-state index contributed by atoms with van der Waals surface area (Å²) >= 11 is 0. The number of allylic oxidation sites excluding steroid dienone is 1. The molecule has 3 aliphatic rings. The third-order valence-electron chi connectivity index (χ3n) is 11.4. The number of nitrogens with zero attached hydrogens (tertiary/aromatic N) is 21. The summed E-state index contributed by atoms with van der Waals surface area (Å²) in [4.78, 5) is 57.2. The molecule has 1 saturated carbocycles. The SMILES string of the molecule is CO[C@@]1(c2ccc(-c3ccccc3)cc2)C[C@H]2C(=O)N[C@]3(C(=O)O)C[C@H]3/C=C\CCCN(S(=O)(=O)c3ccccc3\N=N/N=N/N=N/N=N/N=N/N=N/N=N/N=N/N=N/N=N)C[C@H](NC(=O)OC(C)(C)C)C(=O)N2C1. The average Bonchev–Trinajstić information content (AvgIpc) is 3.94. The van der Waals surface area contributed by atoms with Gasteiger partial charge in [0.05, 0.1) is 6.54 Å². The number of carboxylic acids is 1. The van der Waals surface area contributed by atoms with Gasteiger partial charge in [0.1, 0.15) is 39.4 Å². The van der Waals surface area contributed by atoms with Gasteiger partial charge in [-0.3, -0.25) is 9.59 Å². The maximum atomic E-state index is 15.3. The minimum atomic E-state index is -4.66. The Labute approximate surface area is 425 Å². The van der Waals surface area contributed by atoms with E-state index in [1.807, 2.05) is 54.6 Å². The van der Waals surface area contributed by atoms with Crippen LogP contribution in [-0.2, 0) is 39.5 Å². The maximum Gasteiger partial charge on any atom is 0.408 e. The van der Waals surface area contributed by atoms with Crippen LogP contribution in [0.5, 0.6) is 0 Å². The fourth-order valence-corrected chi connectivity index (χ4v) is 9.54. The van der Waals surface area contributed by atoms with Crippen molar-refractivity contribution < 1.29 is 42.2 Å². The Morgan fingerprint density at radius 2 is 1.33 bits per heavy atom. The van der Waals surface area contributed by atoms with Gasteiger partial charge < -0.3 is 30.1 Å². The molecule has 5 atom stereocenters. The Morgan fingerprint density at radius 3 is 1.91 bits per heavy atom. The number of carbonyl (C=O) groups is 4. The second-order valence-corrected chi connectivity index (χ2v) is 19.1. The van der Waals surface area contributed by atoms with Crippen molar-refractivity contribution >= 4 is 39.6 Å². The lowest BCUT2D eigenvalue weighted by molar-refractivity contribution is -0.145. The molecule has 0 unspecified atom stereocenters. The molecule has 33 nitrogen and oxygen atoms in total. The molecule has 3 amide bonds. The van der Waals surface area contributed by atoms with Gasteiger partial charge in [0.2, 0.25) is 21.8 Å². The van der Waals surface area contributed by atoms with Gasteiger partial charge in [0.15, 0.2) is 0 Å². The first-order valence-electron chi connectivity index (χ1n) is 22.3. The molecular weight excluding hydrogens is 1000 g/mol. The highest BCUT2D eigenvalue weighted by atomic mass is 32.2. The molecule has 75 heavy (non-hydrogen) atoms. The molecular formula is C41H48N24O9S. The largest absolute Gasteiger partial charge is 0.479 e. The number of aliphatic carboxylic acids is 1. The molecule has 2 fully saturated rings. The topological polar surface area (TPSA) is 430 Å². The number of amides is 3. The van der Waals surface area contributed by atoms with E-state index in [0.717, 1.165) is 15.4 Å². The van der Waals surface area contributed by atoms with Gasteiger partial charge in [-0.1, -0.05) is 78.9 Å². The summed E-state index contributed by atoms with van der Waals surface area (Å²) in [6.07, 6.45) is 2.65. The van der Waals surface area contributed by atoms with E-state index in [0.29, 0.717) is 5.56 Å². The zero-order valence-electron chi connectivity index (χ0n) is 40.4. The van der Waals surface area contributed by atoms with E-state index in [2.05, 4.69) is 110 Å². The summed E-state index contributed by atoms with van der Waals surface area (Å²) in [5.41, 5.74) is 4.51. The van der Waals surface area contributed by atoms with Crippen LogP contribution in [0, 0.1) is 11.4 Å². The first-order chi connectivity index (χ1) is 36.0. The molecule has 2 aliphatic heterocycles. The highest BCUT2D eigenvalue weighted by Gasteiger charge is 2.62. The number of nitrogens with one attached hydrogen (secondary N) is 3. The molecule has 6 rings (SSSR count). The Morgan fingerprint density at radius 1 is 0.773 bits per heavy atom. The van der Waals surface area contributed by atoms with Crippen LogP contribution in [0.2, 0.25) is 0 Å². The van der Waals surface area contributed by atoms with Crippen LogP contribution < -0.4 is 10.6 Å². The van der Waals surface area contributed by atoms with E-state index >= 15 is 4.79 Å². The molecule has 392 valence electrons. The molecule has 0 bridgehead atoms. The molecule has 2 heterocycles. The van der Waals surface area contributed by atoms with E-state index in [1.54, 1.807) is 32.9 Å². The fourth-order valence-electron chi connectivity index (χ4n) is 7.92. The van der Waals surface area contributed by atoms with E-state index < -0.39 is 75.2 Å². The molecule has 34 heteroatoms. The van der Waals surface area contributed by atoms with E-state index in [9.17, 15) is 27.9 Å². The summed E-state index contributed by atoms with van der Waals surface area (Å²) in [7, 11) is -3.23. The van der Waals surface area contributed by atoms with Crippen molar-refractivity contribution in [3.8, 4) is 11.1 Å². The fraction of sp³-hybridized carbons (Fsp3) is 0.415. The zero-order valence-corrected chi connectivity index (χ0v) is 41.2. The van der Waals surface area contributed by atoms with Gasteiger partial charge in [0, 0.05) is 43.0 Å². The Bertz CT molecular complexity index is 2960. The molecule has 0 radical (unpaired) electrons. The summed E-state index contributed by atoms with van der Waals surface area (Å²) < 4.78 is 42.6. The quantitative estimate of drug-likeness (QED) is 0.0570. The highest BCUT2D eigenvalue weighted by Crippen LogP contribution is 2.47. The van der Waals surface area contributed by atoms with Crippen molar-refractivity contribution in [2.75, 3.05) is 26.7 Å². The number of alkyl carbamates (subject to hydrolysis) is 1. The van der Waals surface area contributed by atoms with Crippen LogP contribution in [0.4, 0.5) is 10.5 Å². The third-order valence-corrected chi connectivity index (χ3v) is 13.3. The van der Waals surface area contributed by atoms with Crippen molar-refractivity contribution in [2.45, 2.75) is 80.2 Å². The lowest BCUT2D eigenvalue weighted by Gasteiger charge is -2.33. The Balaban J connectivity index is 1.29. The molecule has 3 aromatic rings. The predicted molar refractivity (Wildman–Crippen MR) is 253 cm³/mol. The van der Waals surface area contributed by atoms with Crippen molar-refractivity contribution in [3.63, 3.8) is 0 Å². The smallest absolute Gasteiger partial charge is 0.408 e. The van der Waals surface area contributed by atoms with Crippen LogP contribution >= 0.6 is 0 Å². The molecule has 3 aromatic carbocycles. The zero-order chi connectivity index (χ0) is 53.9. The van der Waals surface area contributed by atoms with Gasteiger partial charge in [-0.15, -0.1) is 5.11 Å². The Kier molecular flexibility index (Phi) is 18.8. The second-order valence-electron chi connectivity index (χ2n) is 17.2. The van der Waals surface area contributed by atoms with Crippen molar-refractivity contribution in [2.24, 2.45) is 105 Å². The summed E-state index contributed by atoms with van der Waals surface area (Å²) in [5, 5.41) is 75.0. The second kappa shape index (κ2) is 25.6. The number of benzene rings is 3. The van der Waals surface area contributed by atoms with E-state index in [1.165, 1.54) is 36.3 Å². The first-order valence-corrected chi connectivity index (χ1v) is 23.8. The van der Waals surface area contributed by atoms with Gasteiger partial charge >= 0.3 is 12.1 Å².